The Balaban J connectivity index is 0.000000184. The Hall–Kier alpha value is -6.44. The summed E-state index contributed by atoms with van der Waals surface area (Å²) < 4.78 is 138. The van der Waals surface area contributed by atoms with Gasteiger partial charge in [-0.15, -0.1) is 10.2 Å². The Morgan fingerprint density at radius 2 is 0.947 bits per heavy atom. The number of nitrogens with zero attached hydrogens (tertiary/aromatic N) is 3. The molecule has 0 amide bonds. The number of halogens is 10. The largest absolute Gasteiger partial charge is 0.416 e. The van der Waals surface area contributed by atoms with E-state index in [1.54, 1.807) is 34.9 Å². The van der Waals surface area contributed by atoms with Crippen molar-refractivity contribution in [2.45, 2.75) is 31.9 Å². The van der Waals surface area contributed by atoms with Crippen molar-refractivity contribution in [2.75, 3.05) is 0 Å². The Kier molecular flexibility index (Phi) is 8.97. The minimum Gasteiger partial charge on any atom is -0.416 e. The number of hydrogen-bond donors (Lipinski definition) is 0. The number of aromatic nitrogens is 3. The van der Waals surface area contributed by atoms with Gasteiger partial charge in [0.2, 0.25) is 11.8 Å². The van der Waals surface area contributed by atoms with Crippen molar-refractivity contribution in [1.82, 2.24) is 14.8 Å². The molecule has 1 aliphatic carbocycles. The van der Waals surface area contributed by atoms with Gasteiger partial charge in [-0.05, 0) is 127 Å². The van der Waals surface area contributed by atoms with E-state index in [9.17, 15) is 43.9 Å². The third-order valence-corrected chi connectivity index (χ3v) is 9.69. The summed E-state index contributed by atoms with van der Waals surface area (Å²) in [5, 5.41) is 9.50. The third kappa shape index (κ3) is 7.23. The summed E-state index contributed by atoms with van der Waals surface area (Å²) in [6.07, 6.45) is -13.3. The molecule has 9 rings (SSSR count). The van der Waals surface area contributed by atoms with Gasteiger partial charge in [-0.3, -0.25) is 0 Å². The summed E-state index contributed by atoms with van der Waals surface area (Å²) in [5.41, 5.74) is 3.51. The van der Waals surface area contributed by atoms with Gasteiger partial charge in [0.15, 0.2) is 0 Å². The lowest BCUT2D eigenvalue weighted by Crippen LogP contribution is -2.05. The predicted molar refractivity (Wildman–Crippen MR) is 194 cm³/mol. The quantitative estimate of drug-likeness (QED) is 0.167. The van der Waals surface area contributed by atoms with E-state index in [4.69, 9.17) is 4.42 Å². The van der Waals surface area contributed by atoms with E-state index in [0.29, 0.717) is 67.1 Å². The molecule has 1 aliphatic rings. The van der Waals surface area contributed by atoms with Gasteiger partial charge in [0.25, 0.3) is 0 Å². The zero-order chi connectivity index (χ0) is 40.4. The summed E-state index contributed by atoms with van der Waals surface area (Å²) in [7, 11) is 0. The normalized spacial score (nSPS) is 12.8. The maximum atomic E-state index is 14.2. The van der Waals surface area contributed by atoms with Gasteiger partial charge in [0.1, 0.15) is 5.82 Å². The van der Waals surface area contributed by atoms with Gasteiger partial charge in [-0.2, -0.15) is 39.5 Å². The molecule has 0 spiro atoms. The Morgan fingerprint density at radius 3 is 1.46 bits per heavy atom. The van der Waals surface area contributed by atoms with E-state index in [1.165, 1.54) is 30.3 Å². The zero-order valence-electron chi connectivity index (χ0n) is 29.3. The summed E-state index contributed by atoms with van der Waals surface area (Å²) in [5.74, 6) is 0.213. The van der Waals surface area contributed by atoms with E-state index in [0.717, 1.165) is 47.5 Å². The van der Waals surface area contributed by atoms with E-state index in [-0.39, 0.29) is 6.42 Å². The maximum Gasteiger partial charge on any atom is 0.416 e. The second kappa shape index (κ2) is 13.6. The molecule has 288 valence electrons. The average Bonchev–Trinajstić information content (AvgIpc) is 3.88. The Labute approximate surface area is 316 Å². The van der Waals surface area contributed by atoms with Gasteiger partial charge in [-0.25, -0.2) is 4.39 Å². The lowest BCUT2D eigenvalue weighted by atomic mass is 10.0. The summed E-state index contributed by atoms with van der Waals surface area (Å²) in [6, 6.07) is 28.9. The maximum absolute atomic E-state index is 14.2. The first-order valence-corrected chi connectivity index (χ1v) is 17.2. The van der Waals surface area contributed by atoms with Gasteiger partial charge >= 0.3 is 18.5 Å². The molecule has 0 bridgehead atoms. The molecule has 8 aromatic rings. The van der Waals surface area contributed by atoms with Crippen LogP contribution in [0.25, 0.3) is 61.5 Å². The van der Waals surface area contributed by atoms with Crippen molar-refractivity contribution in [3.05, 3.63) is 161 Å². The number of rotatable bonds is 3. The first-order valence-electron chi connectivity index (χ1n) is 17.2. The molecule has 2 heterocycles. The highest BCUT2D eigenvalue weighted by Gasteiger charge is 2.35. The minimum atomic E-state index is -4.50. The molecule has 0 saturated heterocycles. The molecule has 6 aromatic carbocycles. The highest BCUT2D eigenvalue weighted by Crippen LogP contribution is 2.43. The van der Waals surface area contributed by atoms with Crippen LogP contribution in [0.2, 0.25) is 0 Å². The molecule has 0 aliphatic heterocycles. The first kappa shape index (κ1) is 37.5. The molecule has 0 radical (unpaired) electrons. The molecule has 0 unspecified atom stereocenters. The number of benzene rings is 6. The lowest BCUT2D eigenvalue weighted by molar-refractivity contribution is -0.138. The van der Waals surface area contributed by atoms with Crippen molar-refractivity contribution in [3.8, 4) is 39.7 Å². The Morgan fingerprint density at radius 1 is 0.509 bits per heavy atom. The van der Waals surface area contributed by atoms with Crippen molar-refractivity contribution in [3.63, 3.8) is 0 Å². The first-order chi connectivity index (χ1) is 26.9. The van der Waals surface area contributed by atoms with Crippen LogP contribution in [-0.2, 0) is 24.9 Å². The van der Waals surface area contributed by atoms with Gasteiger partial charge in [0.05, 0.1) is 27.7 Å². The van der Waals surface area contributed by atoms with Crippen molar-refractivity contribution in [1.29, 1.82) is 0 Å². The Bertz CT molecular complexity index is 2730. The number of fused-ring (bicyclic) bond motifs is 6. The molecular formula is C43H25F10N3O. The van der Waals surface area contributed by atoms with Crippen LogP contribution in [0.4, 0.5) is 43.9 Å². The molecule has 2 aromatic heterocycles. The van der Waals surface area contributed by atoms with Crippen molar-refractivity contribution < 1.29 is 48.3 Å². The molecule has 0 fully saturated rings. The predicted octanol–water partition coefficient (Wildman–Crippen LogP) is 13.3. The summed E-state index contributed by atoms with van der Waals surface area (Å²) in [4.78, 5) is 0. The molecule has 0 atom stereocenters. The van der Waals surface area contributed by atoms with Crippen molar-refractivity contribution in [2.24, 2.45) is 0 Å². The van der Waals surface area contributed by atoms with Crippen LogP contribution in [0, 0.1) is 12.7 Å². The van der Waals surface area contributed by atoms with Crippen LogP contribution < -0.4 is 0 Å². The fourth-order valence-electron chi connectivity index (χ4n) is 6.92. The van der Waals surface area contributed by atoms with Crippen LogP contribution in [0.5, 0.6) is 0 Å². The molecule has 57 heavy (non-hydrogen) atoms. The topological polar surface area (TPSA) is 43.9 Å². The van der Waals surface area contributed by atoms with E-state index >= 15 is 0 Å². The van der Waals surface area contributed by atoms with Crippen LogP contribution in [-0.4, -0.2) is 14.8 Å². The van der Waals surface area contributed by atoms with Gasteiger partial charge < -0.3 is 8.98 Å². The number of aryl methyl sites for hydroxylation is 1. The standard InChI is InChI=1S/C28H17F4N3O.C15H8F6/c1-16-2-4-17(5-3-16)26-33-34-27(36-26)18-6-10-21(11-7-18)35-24-14-19(28(30,31)32)8-12-22(24)23-13-9-20(29)15-25(23)35;16-14(17,18)10-1-3-12-8(6-10)5-9-7-11(15(19,20)21)2-4-13(9)12/h2-15H,1H3;1-4,6-7H,5H2. The second-order valence-corrected chi connectivity index (χ2v) is 13.5. The van der Waals surface area contributed by atoms with Crippen LogP contribution in [0.3, 0.4) is 0 Å². The van der Waals surface area contributed by atoms with Crippen LogP contribution in [0.1, 0.15) is 33.4 Å². The summed E-state index contributed by atoms with van der Waals surface area (Å²) >= 11 is 0. The van der Waals surface area contributed by atoms with E-state index < -0.39 is 41.0 Å². The highest BCUT2D eigenvalue weighted by atomic mass is 19.4. The fourth-order valence-corrected chi connectivity index (χ4v) is 6.92. The third-order valence-electron chi connectivity index (χ3n) is 9.69. The molecule has 0 N–H and O–H groups in total. The average molecular weight is 790 g/mol. The molecule has 0 saturated carbocycles. The zero-order valence-corrected chi connectivity index (χ0v) is 29.3. The van der Waals surface area contributed by atoms with Crippen molar-refractivity contribution >= 4 is 21.8 Å². The number of alkyl halides is 9. The smallest absolute Gasteiger partial charge is 0.416 e. The van der Waals surface area contributed by atoms with Crippen LogP contribution in [0.15, 0.2) is 126 Å². The molecule has 4 nitrogen and oxygen atoms in total. The molecule has 14 heteroatoms. The van der Waals surface area contributed by atoms with E-state index in [1.807, 2.05) is 31.2 Å². The highest BCUT2D eigenvalue weighted by molar-refractivity contribution is 6.09. The van der Waals surface area contributed by atoms with Crippen LogP contribution >= 0.6 is 0 Å². The lowest BCUT2D eigenvalue weighted by Gasteiger charge is -2.10. The minimum absolute atomic E-state index is 0.0819. The van der Waals surface area contributed by atoms with Gasteiger partial charge in [-0.1, -0.05) is 35.9 Å². The number of hydrogen-bond acceptors (Lipinski definition) is 3. The second-order valence-electron chi connectivity index (χ2n) is 13.5. The molecular weight excluding hydrogens is 764 g/mol. The summed E-state index contributed by atoms with van der Waals surface area (Å²) in [6.45, 7) is 1.99. The monoisotopic (exact) mass is 789 g/mol. The fraction of sp³-hybridized carbons (Fsp3) is 0.116. The van der Waals surface area contributed by atoms with Gasteiger partial charge in [0, 0.05) is 27.6 Å². The van der Waals surface area contributed by atoms with E-state index in [2.05, 4.69) is 10.2 Å². The SMILES string of the molecule is Cc1ccc(-c2nnc(-c3ccc(-n4c5cc(F)ccc5c5ccc(C(F)(F)F)cc54)cc3)o2)cc1.FC(F)(F)c1ccc2c(c1)Cc1cc(C(F)(F)F)ccc1-2.